The van der Waals surface area contributed by atoms with E-state index >= 15 is 0 Å². The van der Waals surface area contributed by atoms with Crippen LogP contribution in [0.5, 0.6) is 0 Å². The van der Waals surface area contributed by atoms with E-state index in [4.69, 9.17) is 5.73 Å². The SMILES string of the molecule is CC1(C)CCC(NC(CN)c2ccccc2F)C1. The van der Waals surface area contributed by atoms with Crippen LogP contribution in [0.4, 0.5) is 4.39 Å². The molecule has 100 valence electrons. The second-order valence-electron chi connectivity index (χ2n) is 6.08. The van der Waals surface area contributed by atoms with Gasteiger partial charge in [-0.15, -0.1) is 0 Å². The number of hydrogen-bond donors (Lipinski definition) is 2. The molecule has 1 fully saturated rings. The van der Waals surface area contributed by atoms with Crippen molar-refractivity contribution >= 4 is 0 Å². The molecule has 0 amide bonds. The van der Waals surface area contributed by atoms with Crippen molar-refractivity contribution in [2.45, 2.75) is 45.2 Å². The van der Waals surface area contributed by atoms with E-state index in [2.05, 4.69) is 19.2 Å². The smallest absolute Gasteiger partial charge is 0.128 e. The third-order valence-corrected chi connectivity index (χ3v) is 3.92. The van der Waals surface area contributed by atoms with E-state index in [1.54, 1.807) is 6.07 Å². The Bertz CT molecular complexity index is 403. The van der Waals surface area contributed by atoms with Gasteiger partial charge < -0.3 is 11.1 Å². The largest absolute Gasteiger partial charge is 0.329 e. The summed E-state index contributed by atoms with van der Waals surface area (Å²) in [5, 5.41) is 3.51. The highest BCUT2D eigenvalue weighted by Gasteiger charge is 2.32. The van der Waals surface area contributed by atoms with E-state index in [1.807, 2.05) is 12.1 Å². The highest BCUT2D eigenvalue weighted by Crippen LogP contribution is 2.37. The number of benzene rings is 1. The summed E-state index contributed by atoms with van der Waals surface area (Å²) < 4.78 is 13.8. The fourth-order valence-corrected chi connectivity index (χ4v) is 2.91. The average Bonchev–Trinajstić information content (AvgIpc) is 2.67. The molecule has 0 spiro atoms. The predicted octanol–water partition coefficient (Wildman–Crippen LogP) is 2.99. The van der Waals surface area contributed by atoms with Crippen LogP contribution in [0, 0.1) is 11.2 Å². The molecule has 3 N–H and O–H groups in total. The van der Waals surface area contributed by atoms with Crippen LogP contribution in [-0.2, 0) is 0 Å². The summed E-state index contributed by atoms with van der Waals surface area (Å²) in [5.74, 6) is -0.169. The van der Waals surface area contributed by atoms with Gasteiger partial charge in [-0.25, -0.2) is 4.39 Å². The second kappa shape index (κ2) is 5.37. The Morgan fingerprint density at radius 1 is 1.44 bits per heavy atom. The first kappa shape index (κ1) is 13.5. The first-order valence-electron chi connectivity index (χ1n) is 6.72. The summed E-state index contributed by atoms with van der Waals surface area (Å²) in [5.41, 5.74) is 6.87. The predicted molar refractivity (Wildman–Crippen MR) is 72.8 cm³/mol. The molecule has 0 aliphatic heterocycles. The van der Waals surface area contributed by atoms with Crippen molar-refractivity contribution in [3.8, 4) is 0 Å². The van der Waals surface area contributed by atoms with Crippen molar-refractivity contribution in [1.29, 1.82) is 0 Å². The molecule has 1 aliphatic rings. The topological polar surface area (TPSA) is 38.0 Å². The third-order valence-electron chi connectivity index (χ3n) is 3.92. The monoisotopic (exact) mass is 250 g/mol. The molecule has 2 unspecified atom stereocenters. The lowest BCUT2D eigenvalue weighted by atomic mass is 9.91. The standard InChI is InChI=1S/C15H23FN2/c1-15(2)8-7-11(9-15)18-14(10-17)12-5-3-4-6-13(12)16/h3-6,11,14,18H,7-10,17H2,1-2H3. The molecule has 2 atom stereocenters. The fraction of sp³-hybridized carbons (Fsp3) is 0.600. The van der Waals surface area contributed by atoms with Crippen LogP contribution in [0.15, 0.2) is 24.3 Å². The van der Waals surface area contributed by atoms with Gasteiger partial charge in [-0.2, -0.15) is 0 Å². The number of hydrogen-bond acceptors (Lipinski definition) is 2. The maximum Gasteiger partial charge on any atom is 0.128 e. The summed E-state index contributed by atoms with van der Waals surface area (Å²) in [4.78, 5) is 0. The van der Waals surface area contributed by atoms with Crippen molar-refractivity contribution in [3.05, 3.63) is 35.6 Å². The summed E-state index contributed by atoms with van der Waals surface area (Å²) in [7, 11) is 0. The molecule has 1 aromatic rings. The summed E-state index contributed by atoms with van der Waals surface area (Å²) in [6.07, 6.45) is 3.51. The normalized spacial score (nSPS) is 24.1. The van der Waals surface area contributed by atoms with Gasteiger partial charge >= 0.3 is 0 Å². The van der Waals surface area contributed by atoms with Crippen molar-refractivity contribution in [1.82, 2.24) is 5.32 Å². The average molecular weight is 250 g/mol. The van der Waals surface area contributed by atoms with Gasteiger partial charge in [0.25, 0.3) is 0 Å². The van der Waals surface area contributed by atoms with Crippen LogP contribution in [0.3, 0.4) is 0 Å². The van der Waals surface area contributed by atoms with Gasteiger partial charge in [0.2, 0.25) is 0 Å². The Morgan fingerprint density at radius 3 is 2.72 bits per heavy atom. The molecular weight excluding hydrogens is 227 g/mol. The number of nitrogens with one attached hydrogen (secondary N) is 1. The first-order valence-corrected chi connectivity index (χ1v) is 6.72. The lowest BCUT2D eigenvalue weighted by molar-refractivity contribution is 0.351. The van der Waals surface area contributed by atoms with Crippen molar-refractivity contribution in [2.24, 2.45) is 11.1 Å². The Hall–Kier alpha value is -0.930. The maximum absolute atomic E-state index is 13.8. The van der Waals surface area contributed by atoms with Gasteiger partial charge in [0.15, 0.2) is 0 Å². The molecule has 1 aliphatic carbocycles. The van der Waals surface area contributed by atoms with Crippen LogP contribution in [0.1, 0.15) is 44.7 Å². The quantitative estimate of drug-likeness (QED) is 0.862. The Kier molecular flexibility index (Phi) is 4.03. The molecule has 1 aromatic carbocycles. The Morgan fingerprint density at radius 2 is 2.17 bits per heavy atom. The lowest BCUT2D eigenvalue weighted by Gasteiger charge is -2.24. The molecule has 0 saturated heterocycles. The third kappa shape index (κ3) is 3.09. The van der Waals surface area contributed by atoms with Crippen LogP contribution in [0.2, 0.25) is 0 Å². The number of nitrogens with two attached hydrogens (primary N) is 1. The number of halogens is 1. The Labute approximate surface area is 109 Å². The molecule has 2 rings (SSSR count). The van der Waals surface area contributed by atoms with Gasteiger partial charge in [0.05, 0.1) is 0 Å². The highest BCUT2D eigenvalue weighted by atomic mass is 19.1. The van der Waals surface area contributed by atoms with Crippen molar-refractivity contribution < 1.29 is 4.39 Å². The number of rotatable bonds is 4. The minimum absolute atomic E-state index is 0.0786. The van der Waals surface area contributed by atoms with E-state index in [-0.39, 0.29) is 11.9 Å². The van der Waals surface area contributed by atoms with E-state index < -0.39 is 0 Å². The van der Waals surface area contributed by atoms with Gasteiger partial charge in [-0.05, 0) is 30.7 Å². The minimum atomic E-state index is -0.169. The Balaban J connectivity index is 2.05. The zero-order chi connectivity index (χ0) is 13.2. The second-order valence-corrected chi connectivity index (χ2v) is 6.08. The van der Waals surface area contributed by atoms with Gasteiger partial charge in [-0.3, -0.25) is 0 Å². The lowest BCUT2D eigenvalue weighted by Crippen LogP contribution is -2.36. The zero-order valence-electron chi connectivity index (χ0n) is 11.2. The van der Waals surface area contributed by atoms with E-state index in [9.17, 15) is 4.39 Å². The molecule has 0 heterocycles. The fourth-order valence-electron chi connectivity index (χ4n) is 2.91. The molecule has 1 saturated carbocycles. The summed E-state index contributed by atoms with van der Waals surface area (Å²) in [6.45, 7) is 5.00. The molecular formula is C15H23FN2. The molecule has 3 heteroatoms. The van der Waals surface area contributed by atoms with Crippen molar-refractivity contribution in [2.75, 3.05) is 6.54 Å². The molecule has 2 nitrogen and oxygen atoms in total. The minimum Gasteiger partial charge on any atom is -0.329 e. The van der Waals surface area contributed by atoms with Gasteiger partial charge in [0, 0.05) is 24.2 Å². The van der Waals surface area contributed by atoms with Crippen molar-refractivity contribution in [3.63, 3.8) is 0 Å². The summed E-state index contributed by atoms with van der Waals surface area (Å²) >= 11 is 0. The molecule has 0 radical (unpaired) electrons. The van der Waals surface area contributed by atoms with Crippen LogP contribution in [-0.4, -0.2) is 12.6 Å². The van der Waals surface area contributed by atoms with Crippen LogP contribution < -0.4 is 11.1 Å². The molecule has 0 aromatic heterocycles. The van der Waals surface area contributed by atoms with Crippen LogP contribution in [0.25, 0.3) is 0 Å². The molecule has 0 bridgehead atoms. The molecule has 18 heavy (non-hydrogen) atoms. The van der Waals surface area contributed by atoms with Crippen LogP contribution >= 0.6 is 0 Å². The van der Waals surface area contributed by atoms with Gasteiger partial charge in [-0.1, -0.05) is 32.0 Å². The summed E-state index contributed by atoms with van der Waals surface area (Å²) in [6, 6.07) is 7.27. The zero-order valence-corrected chi connectivity index (χ0v) is 11.2. The van der Waals surface area contributed by atoms with E-state index in [0.29, 0.717) is 23.6 Å². The van der Waals surface area contributed by atoms with E-state index in [0.717, 1.165) is 12.8 Å². The van der Waals surface area contributed by atoms with E-state index in [1.165, 1.54) is 12.5 Å². The first-order chi connectivity index (χ1) is 8.52. The highest BCUT2D eigenvalue weighted by molar-refractivity contribution is 5.21. The van der Waals surface area contributed by atoms with Gasteiger partial charge in [0.1, 0.15) is 5.82 Å². The maximum atomic E-state index is 13.8.